The maximum atomic E-state index is 4.81. The molecule has 6 heavy (non-hydrogen) atoms. The molecule has 0 rings (SSSR count). The van der Waals surface area contributed by atoms with Gasteiger partial charge in [-0.15, -0.1) is 5.28 Å². The minimum absolute atomic E-state index is 0.932. The van der Waals surface area contributed by atoms with Crippen LogP contribution in [0.5, 0.6) is 0 Å². The Kier molecular flexibility index (Phi) is 6.38. The molecule has 0 saturated carbocycles. The van der Waals surface area contributed by atoms with Gasteiger partial charge in [0.15, 0.2) is 26.8 Å². The molecule has 0 N–H and O–H groups in total. The quantitative estimate of drug-likeness (QED) is 0.348. The predicted octanol–water partition coefficient (Wildman–Crippen LogP) is -0.740. The summed E-state index contributed by atoms with van der Waals surface area (Å²) in [4.78, 5) is 0. The fraction of sp³-hybridized carbons (Fsp3) is 1.00. The second-order valence-electron chi connectivity index (χ2n) is 1.12. The van der Waals surface area contributed by atoms with Gasteiger partial charge in [-0.1, -0.05) is 0 Å². The molecule has 0 aliphatic rings. The van der Waals surface area contributed by atoms with Crippen LogP contribution >= 0.6 is 0 Å². The van der Waals surface area contributed by atoms with Gasteiger partial charge in [-0.3, -0.25) is 0 Å². The van der Waals surface area contributed by atoms with Crippen LogP contribution < -0.4 is 0 Å². The lowest BCUT2D eigenvalue weighted by Gasteiger charge is -1.90. The van der Waals surface area contributed by atoms with Crippen LogP contribution in [0.25, 0.3) is 0 Å². The van der Waals surface area contributed by atoms with Crippen molar-refractivity contribution in [2.75, 3.05) is 6.61 Å². The van der Waals surface area contributed by atoms with Gasteiger partial charge in [0, 0.05) is 6.61 Å². The third-order valence-corrected chi connectivity index (χ3v) is 1.33. The summed E-state index contributed by atoms with van der Waals surface area (Å²) < 4.78 is 4.81. The molecular weight excluding hydrogens is 107 g/mol. The number of hydrogen-bond donors (Lipinski definition) is 0. The highest BCUT2D eigenvalue weighted by molar-refractivity contribution is 6.08. The van der Waals surface area contributed by atoms with Gasteiger partial charge in [-0.05, 0) is 6.42 Å². The highest BCUT2D eigenvalue weighted by atomic mass is 28.2. The Morgan fingerprint density at radius 3 is 2.50 bits per heavy atom. The molecule has 0 fully saturated rings. The Morgan fingerprint density at radius 1 is 1.67 bits per heavy atom. The molecule has 1 nitrogen and oxygen atoms in total. The Morgan fingerprint density at radius 2 is 2.33 bits per heavy atom. The van der Waals surface area contributed by atoms with Crippen LogP contribution in [0.2, 0.25) is 5.28 Å². The predicted molar refractivity (Wildman–Crippen MR) is 31.1 cm³/mol. The smallest absolute Gasteiger partial charge is 0.174 e. The first kappa shape index (κ1) is 6.71. The van der Waals surface area contributed by atoms with E-state index >= 15 is 0 Å². The van der Waals surface area contributed by atoms with E-state index in [1.807, 2.05) is 16.3 Å². The lowest BCUT2D eigenvalue weighted by molar-refractivity contribution is 0.349. The molecule has 0 aliphatic heterocycles. The largest absolute Gasteiger partial charge is 0.425 e. The molecule has 0 atom stereocenters. The van der Waals surface area contributed by atoms with E-state index in [1.165, 1.54) is 11.7 Å². The fourth-order valence-electron chi connectivity index (χ4n) is 0.204. The number of hydrogen-bond acceptors (Lipinski definition) is 1. The second-order valence-corrected chi connectivity index (χ2v) is 2.23. The minimum atomic E-state index is 0.932. The second kappa shape index (κ2) is 5.71. The molecule has 34 valence electrons. The van der Waals surface area contributed by atoms with Gasteiger partial charge in [0.1, 0.15) is 0 Å². The van der Waals surface area contributed by atoms with E-state index in [1.54, 1.807) is 10.5 Å². The highest BCUT2D eigenvalue weighted by Gasteiger charge is 1.74. The first-order valence-corrected chi connectivity index (χ1v) is 3.65. The van der Waals surface area contributed by atoms with Crippen molar-refractivity contribution in [3.8, 4) is 0 Å². The van der Waals surface area contributed by atoms with Crippen LogP contribution in [0.1, 0.15) is 6.42 Å². The van der Waals surface area contributed by atoms with Crippen molar-refractivity contribution in [2.24, 2.45) is 0 Å². The summed E-state index contributed by atoms with van der Waals surface area (Å²) in [5.41, 5.74) is 0. The highest BCUT2D eigenvalue weighted by Crippen LogP contribution is 1.80. The fourth-order valence-corrected chi connectivity index (χ4v) is 0.612. The van der Waals surface area contributed by atoms with E-state index in [0.717, 1.165) is 6.61 Å². The molecule has 0 amide bonds. The van der Waals surface area contributed by atoms with Crippen molar-refractivity contribution in [2.45, 2.75) is 11.7 Å². The summed E-state index contributed by atoms with van der Waals surface area (Å²) in [5.74, 6) is 0. The van der Waals surface area contributed by atoms with Crippen molar-refractivity contribution >= 4 is 26.8 Å². The summed E-state index contributed by atoms with van der Waals surface area (Å²) >= 11 is 1.99. The topological polar surface area (TPSA) is 9.23 Å². The first-order chi connectivity index (χ1) is 2.91. The minimum Gasteiger partial charge on any atom is -0.425 e. The molecule has 0 heterocycles. The van der Waals surface area contributed by atoms with Gasteiger partial charge in [-0.25, -0.2) is 0 Å². The van der Waals surface area contributed by atoms with Gasteiger partial charge in [0.05, 0.1) is 0 Å². The lowest BCUT2D eigenvalue weighted by Crippen LogP contribution is -1.86. The summed E-state index contributed by atoms with van der Waals surface area (Å²) in [7, 11) is 1.57. The maximum Gasteiger partial charge on any atom is 0.174 e. The molecule has 0 saturated heterocycles. The molecule has 0 aliphatic carbocycles. The van der Waals surface area contributed by atoms with Crippen LogP contribution in [-0.4, -0.2) is 33.4 Å². The van der Waals surface area contributed by atoms with E-state index in [2.05, 4.69) is 0 Å². The average Bonchev–Trinajstić information content (AvgIpc) is 1.61. The molecule has 0 aromatic rings. The van der Waals surface area contributed by atoms with Crippen LogP contribution in [0.4, 0.5) is 0 Å². The van der Waals surface area contributed by atoms with Crippen molar-refractivity contribution < 1.29 is 4.43 Å². The van der Waals surface area contributed by atoms with Gasteiger partial charge in [0.25, 0.3) is 0 Å². The van der Waals surface area contributed by atoms with Gasteiger partial charge in [-0.2, -0.15) is 0 Å². The molecule has 0 unspecified atom stereocenters. The zero-order valence-electron chi connectivity index (χ0n) is 3.94. The summed E-state index contributed by atoms with van der Waals surface area (Å²) in [5, 5.41) is 1.26. The summed E-state index contributed by atoms with van der Waals surface area (Å²) in [6.07, 6.45) is 1.21. The third kappa shape index (κ3) is 4.71. The average molecular weight is 116 g/mol. The van der Waals surface area contributed by atoms with Crippen molar-refractivity contribution in [3.05, 3.63) is 0 Å². The van der Waals surface area contributed by atoms with Crippen LogP contribution in [-0.2, 0) is 4.43 Å². The lowest BCUT2D eigenvalue weighted by atomic mass is 10.5. The number of rotatable bonds is 3. The van der Waals surface area contributed by atoms with E-state index in [0.29, 0.717) is 0 Å². The van der Waals surface area contributed by atoms with E-state index in [-0.39, 0.29) is 0 Å². The van der Waals surface area contributed by atoms with E-state index in [4.69, 9.17) is 4.43 Å². The van der Waals surface area contributed by atoms with Gasteiger partial charge >= 0.3 is 0 Å². The monoisotopic (exact) mass is 116 g/mol. The zero-order valence-corrected chi connectivity index (χ0v) is 6.77. The first-order valence-electron chi connectivity index (χ1n) is 2.08. The molecule has 0 aromatic heterocycles. The summed E-state index contributed by atoms with van der Waals surface area (Å²) in [6.45, 7) is 0.932. The molecular formula is C3H9AlOSi. The SMILES string of the molecule is [AlH][CH2]CCO[SiH2]. The van der Waals surface area contributed by atoms with Crippen molar-refractivity contribution in [3.63, 3.8) is 0 Å². The van der Waals surface area contributed by atoms with Crippen LogP contribution in [0.3, 0.4) is 0 Å². The van der Waals surface area contributed by atoms with Crippen molar-refractivity contribution in [1.82, 2.24) is 0 Å². The molecule has 0 aromatic carbocycles. The molecule has 3 heteroatoms. The third-order valence-electron chi connectivity index (χ3n) is 0.539. The van der Waals surface area contributed by atoms with Crippen LogP contribution in [0, 0.1) is 0 Å². The standard InChI is InChI=1S/C3H8OSi.Al.H/c1-2-3-4-5;;/h1-3,5H2;;. The Balaban J connectivity index is 2.34. The van der Waals surface area contributed by atoms with Gasteiger partial charge in [0.2, 0.25) is 0 Å². The van der Waals surface area contributed by atoms with Crippen LogP contribution in [0.15, 0.2) is 0 Å². The molecule has 0 spiro atoms. The van der Waals surface area contributed by atoms with Crippen molar-refractivity contribution in [1.29, 1.82) is 0 Å². The Bertz CT molecular complexity index is 22.8. The molecule has 2 radical (unpaired) electrons. The maximum absolute atomic E-state index is 4.81. The van der Waals surface area contributed by atoms with Gasteiger partial charge < -0.3 is 4.43 Å². The van der Waals surface area contributed by atoms with E-state index in [9.17, 15) is 0 Å². The normalized spacial score (nSPS) is 8.83. The Labute approximate surface area is 50.0 Å². The zero-order chi connectivity index (χ0) is 4.83. The van der Waals surface area contributed by atoms with E-state index < -0.39 is 0 Å². The Hall–Kier alpha value is 0.709. The summed E-state index contributed by atoms with van der Waals surface area (Å²) in [6, 6.07) is 0. The molecule has 0 bridgehead atoms.